The zero-order chi connectivity index (χ0) is 32.6. The first-order chi connectivity index (χ1) is 24.3. The van der Waals surface area contributed by atoms with Gasteiger partial charge in [-0.2, -0.15) is 0 Å². The Morgan fingerprint density at radius 3 is 1.63 bits per heavy atom. The summed E-state index contributed by atoms with van der Waals surface area (Å²) >= 11 is 0. The number of fused-ring (bicyclic) bond motifs is 3. The first-order valence-electron chi connectivity index (χ1n) is 16.3. The number of benzene rings is 6. The minimum atomic E-state index is 0.596. The molecule has 0 aliphatic heterocycles. The summed E-state index contributed by atoms with van der Waals surface area (Å²) in [6.07, 6.45) is 3.69. The van der Waals surface area contributed by atoms with E-state index in [1.54, 1.807) is 6.20 Å². The normalized spacial score (nSPS) is 11.3. The molecule has 0 atom stereocenters. The van der Waals surface area contributed by atoms with Crippen LogP contribution in [0.4, 0.5) is 0 Å². The molecule has 3 heterocycles. The molecule has 3 aromatic heterocycles. The summed E-state index contributed by atoms with van der Waals surface area (Å²) in [4.78, 5) is 19.7. The second kappa shape index (κ2) is 12.1. The quantitative estimate of drug-likeness (QED) is 0.184. The van der Waals surface area contributed by atoms with Crippen molar-refractivity contribution in [1.82, 2.24) is 24.5 Å². The molecule has 0 saturated carbocycles. The van der Waals surface area contributed by atoms with Gasteiger partial charge in [-0.15, -0.1) is 0 Å². The van der Waals surface area contributed by atoms with Gasteiger partial charge < -0.3 is 4.57 Å². The number of hydrogen-bond donors (Lipinski definition) is 0. The standard InChI is InChI=1S/C44H29N5/c1-4-13-30(14-5-1)33-22-24-38-37-20-10-11-21-40(37)49(41(38)27-33)35-23-25-36(34-19-12-26-45-29-34)39(28-35)44-47-42(31-15-6-2-7-16-31)46-43(48-44)32-17-8-3-9-18-32/h1-29H. The SMILES string of the molecule is c1ccc(-c2ccc3c4ccccc4n(-c4ccc(-c5cccnc5)c(-c5nc(-c6ccccc6)nc(-c6ccccc6)n5)c4)c3c2)cc1. The average molecular weight is 628 g/mol. The Balaban J connectivity index is 1.32. The molecule has 0 amide bonds. The van der Waals surface area contributed by atoms with Crippen LogP contribution in [0.5, 0.6) is 0 Å². The lowest BCUT2D eigenvalue weighted by Gasteiger charge is -2.15. The lowest BCUT2D eigenvalue weighted by Crippen LogP contribution is -2.02. The van der Waals surface area contributed by atoms with Gasteiger partial charge in [-0.1, -0.05) is 133 Å². The van der Waals surface area contributed by atoms with Gasteiger partial charge in [0.05, 0.1) is 11.0 Å². The molecule has 0 bridgehead atoms. The second-order valence-electron chi connectivity index (χ2n) is 12.0. The summed E-state index contributed by atoms with van der Waals surface area (Å²) < 4.78 is 2.35. The van der Waals surface area contributed by atoms with Crippen molar-refractivity contribution in [2.45, 2.75) is 0 Å². The van der Waals surface area contributed by atoms with Gasteiger partial charge in [0.2, 0.25) is 0 Å². The van der Waals surface area contributed by atoms with Crippen molar-refractivity contribution in [3.05, 3.63) is 176 Å². The van der Waals surface area contributed by atoms with Crippen molar-refractivity contribution in [3.63, 3.8) is 0 Å². The Bertz CT molecular complexity index is 2520. The van der Waals surface area contributed by atoms with Crippen LogP contribution in [-0.2, 0) is 0 Å². The first-order valence-corrected chi connectivity index (χ1v) is 16.3. The second-order valence-corrected chi connectivity index (χ2v) is 12.0. The Morgan fingerprint density at radius 2 is 0.959 bits per heavy atom. The van der Waals surface area contributed by atoms with Crippen molar-refractivity contribution in [2.24, 2.45) is 0 Å². The Morgan fingerprint density at radius 1 is 0.367 bits per heavy atom. The molecule has 0 N–H and O–H groups in total. The largest absolute Gasteiger partial charge is 0.309 e. The van der Waals surface area contributed by atoms with Gasteiger partial charge in [0.1, 0.15) is 0 Å². The highest BCUT2D eigenvalue weighted by Gasteiger charge is 2.19. The Hall–Kier alpha value is -6.72. The van der Waals surface area contributed by atoms with Gasteiger partial charge in [0.15, 0.2) is 17.5 Å². The number of pyridine rings is 1. The summed E-state index contributed by atoms with van der Waals surface area (Å²) in [6.45, 7) is 0. The fourth-order valence-electron chi connectivity index (χ4n) is 6.62. The van der Waals surface area contributed by atoms with Gasteiger partial charge >= 0.3 is 0 Å². The highest BCUT2D eigenvalue weighted by Crippen LogP contribution is 2.38. The molecule has 230 valence electrons. The van der Waals surface area contributed by atoms with Crippen molar-refractivity contribution in [1.29, 1.82) is 0 Å². The fraction of sp³-hybridized carbons (Fsp3) is 0. The Kier molecular flexibility index (Phi) is 7.06. The maximum Gasteiger partial charge on any atom is 0.164 e. The number of hydrogen-bond acceptors (Lipinski definition) is 4. The molecular formula is C44H29N5. The molecule has 0 unspecified atom stereocenters. The third kappa shape index (κ3) is 5.24. The Labute approximate surface area is 283 Å². The highest BCUT2D eigenvalue weighted by molar-refractivity contribution is 6.10. The zero-order valence-electron chi connectivity index (χ0n) is 26.5. The lowest BCUT2D eigenvalue weighted by atomic mass is 9.99. The maximum atomic E-state index is 5.13. The van der Waals surface area contributed by atoms with Gasteiger partial charge in [-0.3, -0.25) is 4.98 Å². The first kappa shape index (κ1) is 28.5. The zero-order valence-corrected chi connectivity index (χ0v) is 26.5. The average Bonchev–Trinajstić information content (AvgIpc) is 3.52. The van der Waals surface area contributed by atoms with Crippen LogP contribution in [0, 0.1) is 0 Å². The molecule has 0 spiro atoms. The number of nitrogens with zero attached hydrogens (tertiary/aromatic N) is 5. The van der Waals surface area contributed by atoms with Crippen molar-refractivity contribution < 1.29 is 0 Å². The van der Waals surface area contributed by atoms with Crippen molar-refractivity contribution >= 4 is 21.8 Å². The van der Waals surface area contributed by atoms with Gasteiger partial charge in [-0.25, -0.2) is 15.0 Å². The molecular weight excluding hydrogens is 599 g/mol. The summed E-state index contributed by atoms with van der Waals surface area (Å²) in [7, 11) is 0. The number of rotatable bonds is 6. The molecule has 9 aromatic rings. The van der Waals surface area contributed by atoms with E-state index >= 15 is 0 Å². The monoisotopic (exact) mass is 627 g/mol. The number of para-hydroxylation sites is 1. The molecule has 0 aliphatic carbocycles. The van der Waals surface area contributed by atoms with Crippen LogP contribution in [0.15, 0.2) is 176 Å². The van der Waals surface area contributed by atoms with E-state index in [0.717, 1.165) is 44.5 Å². The smallest absolute Gasteiger partial charge is 0.164 e. The van der Waals surface area contributed by atoms with E-state index in [1.807, 2.05) is 72.9 Å². The van der Waals surface area contributed by atoms with E-state index < -0.39 is 0 Å². The molecule has 0 fully saturated rings. The molecule has 5 nitrogen and oxygen atoms in total. The summed E-state index contributed by atoms with van der Waals surface area (Å²) in [5, 5.41) is 2.40. The molecule has 0 radical (unpaired) electrons. The van der Waals surface area contributed by atoms with Crippen molar-refractivity contribution in [2.75, 3.05) is 0 Å². The van der Waals surface area contributed by atoms with E-state index in [-0.39, 0.29) is 0 Å². The van der Waals surface area contributed by atoms with Crippen LogP contribution in [0.3, 0.4) is 0 Å². The molecule has 9 rings (SSSR count). The van der Waals surface area contributed by atoms with E-state index in [4.69, 9.17) is 15.0 Å². The van der Waals surface area contributed by atoms with E-state index in [9.17, 15) is 0 Å². The van der Waals surface area contributed by atoms with Crippen LogP contribution >= 0.6 is 0 Å². The minimum Gasteiger partial charge on any atom is -0.309 e. The van der Waals surface area contributed by atoms with E-state index in [0.29, 0.717) is 17.5 Å². The van der Waals surface area contributed by atoms with Crippen molar-refractivity contribution in [3.8, 4) is 62.1 Å². The molecule has 6 aromatic carbocycles. The summed E-state index contributed by atoms with van der Waals surface area (Å²) in [5.41, 5.74) is 10.4. The van der Waals surface area contributed by atoms with Crippen LogP contribution in [-0.4, -0.2) is 24.5 Å². The lowest BCUT2D eigenvalue weighted by molar-refractivity contribution is 1.07. The van der Waals surface area contributed by atoms with Crippen LogP contribution in [0.1, 0.15) is 0 Å². The van der Waals surface area contributed by atoms with Gasteiger partial charge in [0.25, 0.3) is 0 Å². The summed E-state index contributed by atoms with van der Waals surface area (Å²) in [5.74, 6) is 1.84. The predicted molar refractivity (Wildman–Crippen MR) is 199 cm³/mol. The molecule has 0 saturated heterocycles. The van der Waals surface area contributed by atoms with Crippen LogP contribution in [0.2, 0.25) is 0 Å². The predicted octanol–water partition coefficient (Wildman–Crippen LogP) is 10.7. The minimum absolute atomic E-state index is 0.596. The summed E-state index contributed by atoms with van der Waals surface area (Å²) in [6, 6.07) is 56.7. The third-order valence-corrected chi connectivity index (χ3v) is 8.96. The third-order valence-electron chi connectivity index (χ3n) is 8.96. The highest BCUT2D eigenvalue weighted by atomic mass is 15.0. The van der Waals surface area contributed by atoms with E-state index in [1.165, 1.54) is 21.9 Å². The van der Waals surface area contributed by atoms with Gasteiger partial charge in [0, 0.05) is 51.1 Å². The fourth-order valence-corrected chi connectivity index (χ4v) is 6.62. The number of aromatic nitrogens is 5. The van der Waals surface area contributed by atoms with Gasteiger partial charge in [-0.05, 0) is 47.0 Å². The molecule has 5 heteroatoms. The molecule has 0 aliphatic rings. The van der Waals surface area contributed by atoms with E-state index in [2.05, 4.69) is 107 Å². The maximum absolute atomic E-state index is 5.13. The molecule has 49 heavy (non-hydrogen) atoms. The van der Waals surface area contributed by atoms with Crippen LogP contribution < -0.4 is 0 Å². The van der Waals surface area contributed by atoms with Crippen LogP contribution in [0.25, 0.3) is 83.9 Å². The topological polar surface area (TPSA) is 56.5 Å².